The maximum atomic E-state index is 12.7. The van der Waals surface area contributed by atoms with Crippen molar-refractivity contribution < 1.29 is 22.7 Å². The van der Waals surface area contributed by atoms with Gasteiger partial charge in [0.1, 0.15) is 12.6 Å². The number of nitriles is 1. The molecule has 1 amide bonds. The van der Waals surface area contributed by atoms with Gasteiger partial charge in [0, 0.05) is 7.05 Å². The summed E-state index contributed by atoms with van der Waals surface area (Å²) in [5, 5.41) is 8.41. The van der Waals surface area contributed by atoms with Crippen LogP contribution in [0.2, 0.25) is 0 Å². The second-order valence-corrected chi connectivity index (χ2v) is 4.07. The van der Waals surface area contributed by atoms with Crippen LogP contribution in [0.4, 0.5) is 18.0 Å². The van der Waals surface area contributed by atoms with Crippen molar-refractivity contribution in [3.63, 3.8) is 0 Å². The number of carbonyl (C=O) groups excluding carboxylic acids is 1. The van der Waals surface area contributed by atoms with E-state index in [1.54, 1.807) is 30.3 Å². The summed E-state index contributed by atoms with van der Waals surface area (Å²) in [5.41, 5.74) is 0.665. The summed E-state index contributed by atoms with van der Waals surface area (Å²) in [5.74, 6) is 0. The first kappa shape index (κ1) is 15.8. The van der Waals surface area contributed by atoms with Crippen LogP contribution < -0.4 is 0 Å². The molecule has 1 atom stereocenters. The highest BCUT2D eigenvalue weighted by atomic mass is 19.4. The monoisotopic (exact) mass is 286 g/mol. The summed E-state index contributed by atoms with van der Waals surface area (Å²) in [6.07, 6.45) is -6.62. The number of halogens is 3. The molecule has 0 aromatic heterocycles. The maximum absolute atomic E-state index is 12.7. The summed E-state index contributed by atoms with van der Waals surface area (Å²) in [6, 6.07) is 7.83. The molecule has 4 nitrogen and oxygen atoms in total. The summed E-state index contributed by atoms with van der Waals surface area (Å²) in [4.78, 5) is 12.0. The van der Waals surface area contributed by atoms with Gasteiger partial charge in [-0.25, -0.2) is 4.79 Å². The number of hydrogen-bond acceptors (Lipinski definition) is 3. The van der Waals surface area contributed by atoms with Crippen molar-refractivity contribution in [3.8, 4) is 6.07 Å². The highest BCUT2D eigenvalue weighted by Crippen LogP contribution is 2.26. The Balaban J connectivity index is 2.63. The molecular weight excluding hydrogens is 273 g/mol. The van der Waals surface area contributed by atoms with Crippen LogP contribution in [0.3, 0.4) is 0 Å². The van der Waals surface area contributed by atoms with Crippen molar-refractivity contribution in [1.82, 2.24) is 4.90 Å². The zero-order valence-electron chi connectivity index (χ0n) is 10.7. The van der Waals surface area contributed by atoms with E-state index in [0.29, 0.717) is 10.5 Å². The lowest BCUT2D eigenvalue weighted by molar-refractivity contribution is -0.174. The summed E-state index contributed by atoms with van der Waals surface area (Å²) >= 11 is 0. The molecule has 0 fully saturated rings. The molecule has 0 spiro atoms. The maximum Gasteiger partial charge on any atom is 0.410 e. The molecular formula is C13H13F3N2O2. The molecule has 0 saturated carbocycles. The minimum Gasteiger partial charge on any atom is -0.445 e. The first-order valence-corrected chi connectivity index (χ1v) is 5.73. The minimum absolute atomic E-state index is 0.124. The Morgan fingerprint density at radius 2 is 2.00 bits per heavy atom. The fraction of sp³-hybridized carbons (Fsp3) is 0.385. The van der Waals surface area contributed by atoms with Crippen LogP contribution in [0, 0.1) is 11.3 Å². The molecule has 1 unspecified atom stereocenters. The van der Waals surface area contributed by atoms with Crippen LogP contribution in [-0.2, 0) is 11.3 Å². The third-order valence-corrected chi connectivity index (χ3v) is 2.62. The van der Waals surface area contributed by atoms with E-state index in [2.05, 4.69) is 0 Å². The molecule has 7 heteroatoms. The first-order chi connectivity index (χ1) is 9.36. The van der Waals surface area contributed by atoms with Gasteiger partial charge in [0.15, 0.2) is 0 Å². The minimum atomic E-state index is -4.67. The first-order valence-electron chi connectivity index (χ1n) is 5.73. The van der Waals surface area contributed by atoms with Gasteiger partial charge >= 0.3 is 12.3 Å². The Bertz CT molecular complexity index is 483. The molecule has 0 bridgehead atoms. The number of ether oxygens (including phenoxy) is 1. The average molecular weight is 286 g/mol. The quantitative estimate of drug-likeness (QED) is 0.854. The van der Waals surface area contributed by atoms with Gasteiger partial charge in [-0.2, -0.15) is 18.4 Å². The number of amides is 1. The Morgan fingerprint density at radius 3 is 2.50 bits per heavy atom. The topological polar surface area (TPSA) is 53.3 Å². The predicted molar refractivity (Wildman–Crippen MR) is 64.5 cm³/mol. The molecule has 0 N–H and O–H groups in total. The van der Waals surface area contributed by atoms with E-state index in [1.807, 2.05) is 0 Å². The number of carbonyl (C=O) groups is 1. The summed E-state index contributed by atoms with van der Waals surface area (Å²) in [6.45, 7) is -0.124. The molecule has 0 heterocycles. The van der Waals surface area contributed by atoms with E-state index in [4.69, 9.17) is 10.00 Å². The SMILES string of the molecule is CN(C(=O)OCc1ccccc1)C(CC#N)C(F)(F)F. The standard InChI is InChI=1S/C13H13F3N2O2/c1-18(11(7-8-17)13(14,15)16)12(19)20-9-10-5-3-2-4-6-10/h2-6,11H,7,9H2,1H3. The van der Waals surface area contributed by atoms with E-state index in [-0.39, 0.29) is 6.61 Å². The third-order valence-electron chi connectivity index (χ3n) is 2.62. The molecule has 0 aliphatic rings. The van der Waals surface area contributed by atoms with Gasteiger partial charge in [0.25, 0.3) is 0 Å². The normalized spacial score (nSPS) is 12.3. The lowest BCUT2D eigenvalue weighted by Crippen LogP contribution is -2.46. The molecule has 0 saturated heterocycles. The van der Waals surface area contributed by atoms with Crippen LogP contribution >= 0.6 is 0 Å². The smallest absolute Gasteiger partial charge is 0.410 e. The van der Waals surface area contributed by atoms with Crippen LogP contribution in [-0.4, -0.2) is 30.3 Å². The number of benzene rings is 1. The van der Waals surface area contributed by atoms with Gasteiger partial charge in [-0.15, -0.1) is 0 Å². The van der Waals surface area contributed by atoms with E-state index < -0.39 is 24.7 Å². The van der Waals surface area contributed by atoms with Crippen molar-refractivity contribution in [2.45, 2.75) is 25.2 Å². The Hall–Kier alpha value is -2.23. The van der Waals surface area contributed by atoms with Crippen LogP contribution in [0.15, 0.2) is 30.3 Å². The second kappa shape index (κ2) is 6.80. The van der Waals surface area contributed by atoms with Gasteiger partial charge in [-0.05, 0) is 5.56 Å². The van der Waals surface area contributed by atoms with Crippen molar-refractivity contribution >= 4 is 6.09 Å². The molecule has 1 aromatic rings. The molecule has 0 aliphatic heterocycles. The molecule has 1 rings (SSSR count). The van der Waals surface area contributed by atoms with E-state index in [9.17, 15) is 18.0 Å². The van der Waals surface area contributed by atoms with Gasteiger partial charge in [0.2, 0.25) is 0 Å². The second-order valence-electron chi connectivity index (χ2n) is 4.07. The van der Waals surface area contributed by atoms with Crippen LogP contribution in [0.1, 0.15) is 12.0 Å². The van der Waals surface area contributed by atoms with Gasteiger partial charge < -0.3 is 4.74 Å². The highest BCUT2D eigenvalue weighted by molar-refractivity contribution is 5.67. The van der Waals surface area contributed by atoms with Crippen molar-refractivity contribution in [2.24, 2.45) is 0 Å². The highest BCUT2D eigenvalue weighted by Gasteiger charge is 2.44. The lowest BCUT2D eigenvalue weighted by atomic mass is 10.2. The molecule has 108 valence electrons. The van der Waals surface area contributed by atoms with Gasteiger partial charge in [-0.1, -0.05) is 30.3 Å². The van der Waals surface area contributed by atoms with E-state index >= 15 is 0 Å². The lowest BCUT2D eigenvalue weighted by Gasteiger charge is -2.27. The molecule has 1 aromatic carbocycles. The third kappa shape index (κ3) is 4.46. The summed E-state index contributed by atoms with van der Waals surface area (Å²) < 4.78 is 42.8. The number of hydrogen-bond donors (Lipinski definition) is 0. The Morgan fingerprint density at radius 1 is 1.40 bits per heavy atom. The predicted octanol–water partition coefficient (Wildman–Crippen LogP) is 3.10. The van der Waals surface area contributed by atoms with Crippen LogP contribution in [0.5, 0.6) is 0 Å². The van der Waals surface area contributed by atoms with Crippen LogP contribution in [0.25, 0.3) is 0 Å². The zero-order valence-corrected chi connectivity index (χ0v) is 10.7. The molecule has 20 heavy (non-hydrogen) atoms. The van der Waals surface area contributed by atoms with Crippen molar-refractivity contribution in [2.75, 3.05) is 7.05 Å². The van der Waals surface area contributed by atoms with Crippen molar-refractivity contribution in [3.05, 3.63) is 35.9 Å². The van der Waals surface area contributed by atoms with Gasteiger partial charge in [-0.3, -0.25) is 4.90 Å². The molecule has 0 radical (unpaired) electrons. The Labute approximate surface area is 114 Å². The van der Waals surface area contributed by atoms with Gasteiger partial charge in [0.05, 0.1) is 12.5 Å². The number of rotatable bonds is 4. The largest absolute Gasteiger partial charge is 0.445 e. The zero-order chi connectivity index (χ0) is 15.2. The number of alkyl halides is 3. The fourth-order valence-electron chi connectivity index (χ4n) is 1.51. The molecule has 0 aliphatic carbocycles. The van der Waals surface area contributed by atoms with E-state index in [1.165, 1.54) is 6.07 Å². The Kier molecular flexibility index (Phi) is 5.38. The van der Waals surface area contributed by atoms with Crippen molar-refractivity contribution in [1.29, 1.82) is 5.26 Å². The number of nitrogens with zero attached hydrogens (tertiary/aromatic N) is 2. The fourth-order valence-corrected chi connectivity index (χ4v) is 1.51. The summed E-state index contributed by atoms with van der Waals surface area (Å²) in [7, 11) is 0.961. The average Bonchev–Trinajstić information content (AvgIpc) is 2.41. The van der Waals surface area contributed by atoms with E-state index in [0.717, 1.165) is 7.05 Å².